The molecule has 3 aromatic rings. The van der Waals surface area contributed by atoms with E-state index in [0.29, 0.717) is 24.5 Å². The first-order chi connectivity index (χ1) is 15.6. The Balaban J connectivity index is 1.64. The molecule has 3 nitrogen and oxygen atoms in total. The first kappa shape index (κ1) is 23.6. The molecule has 3 aromatic carbocycles. The number of phenols is 1. The van der Waals surface area contributed by atoms with Gasteiger partial charge in [-0.05, 0) is 60.2 Å². The predicted octanol–water partition coefficient (Wildman–Crippen LogP) is 7.34. The number of ether oxygens (including phenoxy) is 2. The van der Waals surface area contributed by atoms with Gasteiger partial charge in [-0.25, -0.2) is 4.39 Å². The molecule has 170 valence electrons. The van der Waals surface area contributed by atoms with Gasteiger partial charge in [-0.1, -0.05) is 57.0 Å². The highest BCUT2D eigenvalue weighted by molar-refractivity contribution is 5.72. The Bertz CT molecular complexity index is 982. The predicted molar refractivity (Wildman–Crippen MR) is 128 cm³/mol. The molecule has 0 saturated carbocycles. The SMILES string of the molecule is CCCCc1cc(-c2ccc(F)cc2)c(O)cc1OCCCOc1ccccc1CCC. The zero-order valence-electron chi connectivity index (χ0n) is 19.1. The summed E-state index contributed by atoms with van der Waals surface area (Å²) in [5.74, 6) is 1.49. The van der Waals surface area contributed by atoms with Crippen molar-refractivity contribution in [1.29, 1.82) is 0 Å². The van der Waals surface area contributed by atoms with Gasteiger partial charge in [0.05, 0.1) is 13.2 Å². The maximum Gasteiger partial charge on any atom is 0.127 e. The van der Waals surface area contributed by atoms with E-state index in [1.54, 1.807) is 18.2 Å². The molecule has 0 aliphatic carbocycles. The van der Waals surface area contributed by atoms with Crippen LogP contribution in [0.2, 0.25) is 0 Å². The van der Waals surface area contributed by atoms with Crippen molar-refractivity contribution in [2.45, 2.75) is 52.4 Å². The third-order valence-corrected chi connectivity index (χ3v) is 5.43. The molecule has 0 aromatic heterocycles. The third kappa shape index (κ3) is 6.49. The summed E-state index contributed by atoms with van der Waals surface area (Å²) in [5, 5.41) is 10.6. The fraction of sp³-hybridized carbons (Fsp3) is 0.357. The van der Waals surface area contributed by atoms with Crippen LogP contribution in [0, 0.1) is 5.82 Å². The Labute approximate surface area is 190 Å². The normalized spacial score (nSPS) is 10.8. The fourth-order valence-corrected chi connectivity index (χ4v) is 3.72. The average molecular weight is 437 g/mol. The van der Waals surface area contributed by atoms with Crippen LogP contribution in [0.15, 0.2) is 60.7 Å². The van der Waals surface area contributed by atoms with Crippen LogP contribution in [0.1, 0.15) is 50.7 Å². The summed E-state index contributed by atoms with van der Waals surface area (Å²) < 4.78 is 25.3. The second-order valence-corrected chi connectivity index (χ2v) is 8.00. The molecule has 1 N–H and O–H groups in total. The van der Waals surface area contributed by atoms with Crippen LogP contribution in [-0.2, 0) is 12.8 Å². The minimum atomic E-state index is -0.293. The Hall–Kier alpha value is -3.01. The van der Waals surface area contributed by atoms with Crippen molar-refractivity contribution in [2.24, 2.45) is 0 Å². The van der Waals surface area contributed by atoms with Gasteiger partial charge >= 0.3 is 0 Å². The van der Waals surface area contributed by atoms with Crippen LogP contribution >= 0.6 is 0 Å². The van der Waals surface area contributed by atoms with E-state index < -0.39 is 0 Å². The van der Waals surface area contributed by atoms with Gasteiger partial charge in [0.1, 0.15) is 23.1 Å². The molecule has 0 bridgehead atoms. The Morgan fingerprint density at radius 2 is 1.47 bits per heavy atom. The van der Waals surface area contributed by atoms with Crippen molar-refractivity contribution in [3.05, 3.63) is 77.6 Å². The highest BCUT2D eigenvalue weighted by atomic mass is 19.1. The Morgan fingerprint density at radius 1 is 0.750 bits per heavy atom. The molecule has 0 radical (unpaired) electrons. The van der Waals surface area contributed by atoms with Crippen molar-refractivity contribution < 1.29 is 19.0 Å². The fourth-order valence-electron chi connectivity index (χ4n) is 3.72. The minimum absolute atomic E-state index is 0.136. The maximum absolute atomic E-state index is 13.3. The zero-order chi connectivity index (χ0) is 22.8. The molecular formula is C28H33FO3. The third-order valence-electron chi connectivity index (χ3n) is 5.43. The van der Waals surface area contributed by atoms with E-state index in [-0.39, 0.29) is 11.6 Å². The summed E-state index contributed by atoms with van der Waals surface area (Å²) >= 11 is 0. The summed E-state index contributed by atoms with van der Waals surface area (Å²) in [6.07, 6.45) is 5.79. The first-order valence-corrected chi connectivity index (χ1v) is 11.6. The van der Waals surface area contributed by atoms with Crippen LogP contribution in [0.3, 0.4) is 0 Å². The van der Waals surface area contributed by atoms with Gasteiger partial charge in [-0.2, -0.15) is 0 Å². The lowest BCUT2D eigenvalue weighted by atomic mass is 9.98. The quantitative estimate of drug-likeness (QED) is 0.302. The minimum Gasteiger partial charge on any atom is -0.507 e. The highest BCUT2D eigenvalue weighted by Gasteiger charge is 2.13. The van der Waals surface area contributed by atoms with E-state index >= 15 is 0 Å². The topological polar surface area (TPSA) is 38.7 Å². The Morgan fingerprint density at radius 3 is 2.19 bits per heavy atom. The summed E-state index contributed by atoms with van der Waals surface area (Å²) in [4.78, 5) is 0. The lowest BCUT2D eigenvalue weighted by Crippen LogP contribution is -2.07. The van der Waals surface area contributed by atoms with Crippen LogP contribution in [0.5, 0.6) is 17.2 Å². The highest BCUT2D eigenvalue weighted by Crippen LogP contribution is 2.36. The number of phenolic OH excluding ortho intramolecular Hbond substituents is 1. The van der Waals surface area contributed by atoms with Gasteiger partial charge < -0.3 is 14.6 Å². The van der Waals surface area contributed by atoms with Gasteiger partial charge in [0.25, 0.3) is 0 Å². The number of halogens is 1. The molecular weight excluding hydrogens is 403 g/mol. The number of para-hydroxylation sites is 1. The molecule has 4 heteroatoms. The molecule has 32 heavy (non-hydrogen) atoms. The van der Waals surface area contributed by atoms with Crippen molar-refractivity contribution in [3.8, 4) is 28.4 Å². The first-order valence-electron chi connectivity index (χ1n) is 11.6. The largest absolute Gasteiger partial charge is 0.507 e. The molecule has 3 rings (SSSR count). The molecule has 0 amide bonds. The molecule has 0 unspecified atom stereocenters. The standard InChI is InChI=1S/C28H33FO3/c1-3-5-10-23-19-25(21-13-15-24(29)16-14-21)26(30)20-28(23)32-18-8-17-31-27-12-7-6-11-22(27)9-4-2/h6-7,11-16,19-20,30H,3-5,8-10,17-18H2,1-2H3. The molecule has 0 saturated heterocycles. The molecule has 0 atom stereocenters. The van der Waals surface area contributed by atoms with Gasteiger partial charge in [0.15, 0.2) is 0 Å². The van der Waals surface area contributed by atoms with Crippen molar-refractivity contribution in [1.82, 2.24) is 0 Å². The Kier molecular flexibility index (Phi) is 8.97. The number of hydrogen-bond donors (Lipinski definition) is 1. The van der Waals surface area contributed by atoms with Crippen molar-refractivity contribution in [3.63, 3.8) is 0 Å². The average Bonchev–Trinajstić information content (AvgIpc) is 2.80. The molecule has 0 aliphatic heterocycles. The number of benzene rings is 3. The number of aromatic hydroxyl groups is 1. The van der Waals surface area contributed by atoms with Crippen LogP contribution in [-0.4, -0.2) is 18.3 Å². The smallest absolute Gasteiger partial charge is 0.127 e. The van der Waals surface area contributed by atoms with Gasteiger partial charge in [-0.3, -0.25) is 0 Å². The molecule has 0 spiro atoms. The molecule has 0 fully saturated rings. The summed E-state index contributed by atoms with van der Waals surface area (Å²) in [7, 11) is 0. The van der Waals surface area contributed by atoms with E-state index in [2.05, 4.69) is 19.9 Å². The van der Waals surface area contributed by atoms with E-state index in [9.17, 15) is 9.50 Å². The monoisotopic (exact) mass is 436 g/mol. The lowest BCUT2D eigenvalue weighted by Gasteiger charge is -2.16. The second kappa shape index (κ2) is 12.1. The number of hydrogen-bond acceptors (Lipinski definition) is 3. The van der Waals surface area contributed by atoms with Crippen molar-refractivity contribution >= 4 is 0 Å². The van der Waals surface area contributed by atoms with E-state index in [4.69, 9.17) is 9.47 Å². The van der Waals surface area contributed by atoms with Gasteiger partial charge in [0.2, 0.25) is 0 Å². The molecule has 0 aliphatic rings. The molecule has 0 heterocycles. The second-order valence-electron chi connectivity index (χ2n) is 8.00. The van der Waals surface area contributed by atoms with Crippen LogP contribution in [0.25, 0.3) is 11.1 Å². The van der Waals surface area contributed by atoms with Crippen LogP contribution in [0.4, 0.5) is 4.39 Å². The maximum atomic E-state index is 13.3. The summed E-state index contributed by atoms with van der Waals surface area (Å²) in [5.41, 5.74) is 3.77. The van der Waals surface area contributed by atoms with E-state index in [0.717, 1.165) is 55.4 Å². The van der Waals surface area contributed by atoms with Gasteiger partial charge in [-0.15, -0.1) is 0 Å². The van der Waals surface area contributed by atoms with E-state index in [1.165, 1.54) is 17.7 Å². The lowest BCUT2D eigenvalue weighted by molar-refractivity contribution is 0.244. The zero-order valence-corrected chi connectivity index (χ0v) is 19.1. The van der Waals surface area contributed by atoms with E-state index in [1.807, 2.05) is 24.3 Å². The number of aryl methyl sites for hydroxylation is 2. The summed E-state index contributed by atoms with van der Waals surface area (Å²) in [6.45, 7) is 5.39. The van der Waals surface area contributed by atoms with Crippen LogP contribution < -0.4 is 9.47 Å². The summed E-state index contributed by atoms with van der Waals surface area (Å²) in [6, 6.07) is 18.0. The number of unbranched alkanes of at least 4 members (excludes halogenated alkanes) is 1. The van der Waals surface area contributed by atoms with Crippen molar-refractivity contribution in [2.75, 3.05) is 13.2 Å². The number of rotatable bonds is 12. The van der Waals surface area contributed by atoms with Gasteiger partial charge in [0, 0.05) is 18.1 Å².